The van der Waals surface area contributed by atoms with Gasteiger partial charge in [-0.25, -0.2) is 17.9 Å². The highest BCUT2D eigenvalue weighted by molar-refractivity contribution is 7.89. The third kappa shape index (κ3) is 5.60. The van der Waals surface area contributed by atoms with Crippen LogP contribution in [0, 0.1) is 0 Å². The molecular formula is C16H26N2O4S. The number of carbonyl (C=O) groups is 1. The highest BCUT2D eigenvalue weighted by Crippen LogP contribution is 2.12. The molecule has 23 heavy (non-hydrogen) atoms. The predicted molar refractivity (Wildman–Crippen MR) is 89.9 cm³/mol. The summed E-state index contributed by atoms with van der Waals surface area (Å²) in [5.41, 5.74) is 0.210. The Morgan fingerprint density at radius 2 is 1.83 bits per heavy atom. The molecule has 0 heterocycles. The minimum Gasteiger partial charge on any atom is -0.465 e. The summed E-state index contributed by atoms with van der Waals surface area (Å²) in [5.74, 6) is -0.562. The number of rotatable bonds is 8. The first-order valence-electron chi connectivity index (χ1n) is 7.63. The van der Waals surface area contributed by atoms with Crippen LogP contribution < -0.4 is 4.72 Å². The van der Waals surface area contributed by atoms with Gasteiger partial charge in [-0.2, -0.15) is 0 Å². The van der Waals surface area contributed by atoms with Gasteiger partial charge in [-0.1, -0.05) is 6.07 Å². The molecule has 0 fully saturated rings. The third-order valence-corrected chi connectivity index (χ3v) is 5.01. The molecule has 0 atom stereocenters. The number of nitrogens with zero attached hydrogens (tertiary/aromatic N) is 1. The van der Waals surface area contributed by atoms with Gasteiger partial charge in [0.15, 0.2) is 0 Å². The van der Waals surface area contributed by atoms with Gasteiger partial charge in [-0.15, -0.1) is 0 Å². The molecule has 0 aliphatic carbocycles. The lowest BCUT2D eigenvalue weighted by Gasteiger charge is -2.30. The van der Waals surface area contributed by atoms with Crippen molar-refractivity contribution < 1.29 is 17.9 Å². The molecule has 0 amide bonds. The lowest BCUT2D eigenvalue weighted by atomic mass is 10.2. The van der Waals surface area contributed by atoms with Crippen LogP contribution in [-0.2, 0) is 14.8 Å². The molecule has 1 aromatic carbocycles. The van der Waals surface area contributed by atoms with Gasteiger partial charge < -0.3 is 4.74 Å². The van der Waals surface area contributed by atoms with E-state index in [1.807, 2.05) is 0 Å². The van der Waals surface area contributed by atoms with E-state index < -0.39 is 16.0 Å². The Labute approximate surface area is 138 Å². The molecule has 0 aromatic heterocycles. The Balaban J connectivity index is 2.78. The molecule has 1 rings (SSSR count). The van der Waals surface area contributed by atoms with E-state index in [0.717, 1.165) is 0 Å². The van der Waals surface area contributed by atoms with Crippen LogP contribution in [0.15, 0.2) is 29.2 Å². The molecule has 0 radical (unpaired) electrons. The van der Waals surface area contributed by atoms with Crippen LogP contribution in [0.4, 0.5) is 0 Å². The minimum absolute atomic E-state index is 0.0565. The fourth-order valence-electron chi connectivity index (χ4n) is 2.41. The molecule has 1 N–H and O–H groups in total. The zero-order chi connectivity index (χ0) is 17.6. The highest BCUT2D eigenvalue weighted by atomic mass is 32.2. The van der Waals surface area contributed by atoms with Gasteiger partial charge in [-0.05, 0) is 45.9 Å². The molecule has 0 spiro atoms. The Kier molecular flexibility index (Phi) is 7.18. The Morgan fingerprint density at radius 1 is 1.22 bits per heavy atom. The Bertz CT molecular complexity index is 619. The number of hydrogen-bond acceptors (Lipinski definition) is 5. The summed E-state index contributed by atoms with van der Waals surface area (Å²) in [7, 11) is -2.40. The maximum Gasteiger partial charge on any atom is 0.337 e. The van der Waals surface area contributed by atoms with Gasteiger partial charge >= 0.3 is 5.97 Å². The zero-order valence-corrected chi connectivity index (χ0v) is 15.2. The van der Waals surface area contributed by atoms with Gasteiger partial charge in [0.05, 0.1) is 17.6 Å². The number of benzene rings is 1. The van der Waals surface area contributed by atoms with Crippen molar-refractivity contribution in [3.63, 3.8) is 0 Å². The molecule has 130 valence electrons. The van der Waals surface area contributed by atoms with Crippen LogP contribution in [0.3, 0.4) is 0 Å². The monoisotopic (exact) mass is 342 g/mol. The first kappa shape index (κ1) is 19.6. The molecule has 7 heteroatoms. The normalized spacial score (nSPS) is 12.2. The van der Waals surface area contributed by atoms with Crippen LogP contribution in [0.25, 0.3) is 0 Å². The van der Waals surface area contributed by atoms with Crippen molar-refractivity contribution in [3.8, 4) is 0 Å². The van der Waals surface area contributed by atoms with E-state index in [1.165, 1.54) is 31.4 Å². The van der Waals surface area contributed by atoms with E-state index in [1.54, 1.807) is 0 Å². The number of methoxy groups -OCH3 is 1. The van der Waals surface area contributed by atoms with Crippen molar-refractivity contribution in [2.24, 2.45) is 0 Å². The van der Waals surface area contributed by atoms with Crippen molar-refractivity contribution in [1.29, 1.82) is 0 Å². The average molecular weight is 342 g/mol. The van der Waals surface area contributed by atoms with E-state index in [2.05, 4.69) is 42.1 Å². The van der Waals surface area contributed by atoms with Gasteiger partial charge in [-0.3, -0.25) is 4.90 Å². The van der Waals surface area contributed by atoms with E-state index in [4.69, 9.17) is 0 Å². The predicted octanol–water partition coefficient (Wildman–Crippen LogP) is 1.87. The molecule has 0 aliphatic heterocycles. The maximum atomic E-state index is 12.3. The summed E-state index contributed by atoms with van der Waals surface area (Å²) in [5, 5.41) is 0. The maximum absolute atomic E-state index is 12.3. The second-order valence-electron chi connectivity index (χ2n) is 5.84. The van der Waals surface area contributed by atoms with E-state index >= 15 is 0 Å². The highest BCUT2D eigenvalue weighted by Gasteiger charge is 2.18. The summed E-state index contributed by atoms with van der Waals surface area (Å²) in [6.07, 6.45) is 0. The van der Waals surface area contributed by atoms with Crippen molar-refractivity contribution >= 4 is 16.0 Å². The fourth-order valence-corrected chi connectivity index (χ4v) is 3.48. The average Bonchev–Trinajstić information content (AvgIpc) is 2.50. The zero-order valence-electron chi connectivity index (χ0n) is 14.4. The fraction of sp³-hybridized carbons (Fsp3) is 0.562. The van der Waals surface area contributed by atoms with Crippen LogP contribution in [0.5, 0.6) is 0 Å². The quantitative estimate of drug-likeness (QED) is 0.730. The number of nitrogens with one attached hydrogen (secondary N) is 1. The van der Waals surface area contributed by atoms with Crippen LogP contribution >= 0.6 is 0 Å². The van der Waals surface area contributed by atoms with Crippen LogP contribution in [0.1, 0.15) is 38.1 Å². The molecule has 0 unspecified atom stereocenters. The lowest BCUT2D eigenvalue weighted by molar-refractivity contribution is 0.0600. The van der Waals surface area contributed by atoms with E-state index in [-0.39, 0.29) is 10.5 Å². The lowest BCUT2D eigenvalue weighted by Crippen LogP contribution is -2.42. The number of sulfonamides is 1. The van der Waals surface area contributed by atoms with E-state index in [9.17, 15) is 13.2 Å². The molecule has 0 saturated carbocycles. The van der Waals surface area contributed by atoms with E-state index in [0.29, 0.717) is 25.2 Å². The number of esters is 1. The van der Waals surface area contributed by atoms with Gasteiger partial charge in [0.25, 0.3) is 0 Å². The Morgan fingerprint density at radius 3 is 2.35 bits per heavy atom. The van der Waals surface area contributed by atoms with Gasteiger partial charge in [0, 0.05) is 25.2 Å². The standard InChI is InChI=1S/C16H26N2O4S/c1-12(2)18(13(3)4)10-9-17-23(20,21)15-8-6-7-14(11-15)16(19)22-5/h6-8,11-13,17H,9-10H2,1-5H3. The third-order valence-electron chi connectivity index (χ3n) is 3.55. The first-order valence-corrected chi connectivity index (χ1v) is 9.11. The van der Waals surface area contributed by atoms with Gasteiger partial charge in [0.2, 0.25) is 10.0 Å². The summed E-state index contributed by atoms with van der Waals surface area (Å²) >= 11 is 0. The molecule has 6 nitrogen and oxygen atoms in total. The van der Waals surface area contributed by atoms with Crippen LogP contribution in [0.2, 0.25) is 0 Å². The molecule has 0 saturated heterocycles. The Hall–Kier alpha value is -1.44. The van der Waals surface area contributed by atoms with Crippen molar-refractivity contribution in [3.05, 3.63) is 29.8 Å². The van der Waals surface area contributed by atoms with Crippen molar-refractivity contribution in [2.75, 3.05) is 20.2 Å². The van der Waals surface area contributed by atoms with Crippen molar-refractivity contribution in [1.82, 2.24) is 9.62 Å². The van der Waals surface area contributed by atoms with Crippen molar-refractivity contribution in [2.45, 2.75) is 44.7 Å². The summed E-state index contributed by atoms with van der Waals surface area (Å²) in [6, 6.07) is 6.48. The second-order valence-corrected chi connectivity index (χ2v) is 7.61. The minimum atomic E-state index is -3.66. The number of carbonyl (C=O) groups excluding carboxylic acids is 1. The second kappa shape index (κ2) is 8.42. The smallest absolute Gasteiger partial charge is 0.337 e. The largest absolute Gasteiger partial charge is 0.465 e. The number of ether oxygens (including phenoxy) is 1. The molecular weight excluding hydrogens is 316 g/mol. The summed E-state index contributed by atoms with van der Waals surface area (Å²) < 4.78 is 31.9. The SMILES string of the molecule is COC(=O)c1cccc(S(=O)(=O)NCCN(C(C)C)C(C)C)c1. The molecule has 1 aromatic rings. The number of hydrogen-bond donors (Lipinski definition) is 1. The molecule has 0 aliphatic rings. The molecule has 0 bridgehead atoms. The first-order chi connectivity index (χ1) is 10.7. The summed E-state index contributed by atoms with van der Waals surface area (Å²) in [4.78, 5) is 13.8. The van der Waals surface area contributed by atoms with Crippen LogP contribution in [-0.4, -0.2) is 51.6 Å². The topological polar surface area (TPSA) is 75.7 Å². The van der Waals surface area contributed by atoms with Gasteiger partial charge in [0.1, 0.15) is 0 Å². The summed E-state index contributed by atoms with van der Waals surface area (Å²) in [6.45, 7) is 9.23.